The number of nitrogens with two attached hydrogens (primary N) is 2. The molecule has 5 rings (SSSR count). The van der Waals surface area contributed by atoms with Gasteiger partial charge in [0, 0.05) is 19.1 Å². The van der Waals surface area contributed by atoms with Crippen LogP contribution in [0, 0.1) is 17.3 Å². The number of hydrogen-bond donors (Lipinski definition) is 4. The maximum Gasteiger partial charge on any atom is 0.237 e. The standard InChI is InChI=1S/C25H28N8O2/c26-22-20-6-2-1-4-17(20)12-25(22)7-9-33(10-8-25)23-21(16-34)31-18(13-28-23)5-3-11-35-19-14-29-24(32-27)30-15-19/h1-2,4,6,13-15,22,34H,7-12,16,26-27H2,(H,29,30,32)/t22-/m1/s1. The van der Waals surface area contributed by atoms with Crippen LogP contribution in [-0.2, 0) is 13.0 Å². The van der Waals surface area contributed by atoms with E-state index >= 15 is 0 Å². The molecule has 0 saturated carbocycles. The van der Waals surface area contributed by atoms with Crippen molar-refractivity contribution in [1.29, 1.82) is 0 Å². The molecule has 1 fully saturated rings. The minimum atomic E-state index is -0.209. The zero-order valence-electron chi connectivity index (χ0n) is 19.3. The molecule has 3 aromatic rings. The molecule has 35 heavy (non-hydrogen) atoms. The van der Waals surface area contributed by atoms with Crippen LogP contribution in [0.25, 0.3) is 0 Å². The molecule has 0 radical (unpaired) electrons. The fourth-order valence-electron chi connectivity index (χ4n) is 5.03. The molecule has 1 aliphatic heterocycles. The van der Waals surface area contributed by atoms with Crippen molar-refractivity contribution in [3.63, 3.8) is 0 Å². The first kappa shape index (κ1) is 23.0. The lowest BCUT2D eigenvalue weighted by molar-refractivity contribution is 0.186. The molecule has 1 aliphatic carbocycles. The number of hydrogen-bond acceptors (Lipinski definition) is 10. The Labute approximate surface area is 203 Å². The molecule has 2 aliphatic rings. The number of aliphatic hydroxyl groups is 1. The van der Waals surface area contributed by atoms with E-state index in [1.165, 1.54) is 23.5 Å². The minimum Gasteiger partial charge on any atom is -0.478 e. The average molecular weight is 473 g/mol. The van der Waals surface area contributed by atoms with Crippen molar-refractivity contribution >= 4 is 11.8 Å². The van der Waals surface area contributed by atoms with E-state index in [9.17, 15) is 5.11 Å². The van der Waals surface area contributed by atoms with E-state index < -0.39 is 0 Å². The zero-order valence-corrected chi connectivity index (χ0v) is 19.3. The summed E-state index contributed by atoms with van der Waals surface area (Å²) < 4.78 is 5.50. The van der Waals surface area contributed by atoms with Crippen LogP contribution in [-0.4, -0.2) is 44.7 Å². The van der Waals surface area contributed by atoms with E-state index in [2.05, 4.69) is 66.4 Å². The number of rotatable bonds is 5. The molecule has 10 heteroatoms. The molecular formula is C25H28N8O2. The van der Waals surface area contributed by atoms with E-state index in [4.69, 9.17) is 16.3 Å². The number of nitrogen functional groups attached to an aromatic ring is 1. The molecule has 10 nitrogen and oxygen atoms in total. The first-order valence-corrected chi connectivity index (χ1v) is 11.6. The zero-order chi connectivity index (χ0) is 24.3. The van der Waals surface area contributed by atoms with Crippen molar-refractivity contribution in [1.82, 2.24) is 19.9 Å². The van der Waals surface area contributed by atoms with Crippen LogP contribution in [0.2, 0.25) is 0 Å². The number of piperidine rings is 1. The summed E-state index contributed by atoms with van der Waals surface area (Å²) in [5.41, 5.74) is 12.8. The summed E-state index contributed by atoms with van der Waals surface area (Å²) in [5.74, 6) is 12.6. The molecule has 1 aromatic carbocycles. The number of anilines is 2. The quantitative estimate of drug-likeness (QED) is 0.243. The lowest BCUT2D eigenvalue weighted by atomic mass is 9.73. The van der Waals surface area contributed by atoms with Crippen LogP contribution < -0.4 is 26.6 Å². The van der Waals surface area contributed by atoms with E-state index in [1.807, 2.05) is 0 Å². The Kier molecular flexibility index (Phi) is 6.46. The molecule has 0 unspecified atom stereocenters. The number of aliphatic hydroxyl groups excluding tert-OH is 1. The minimum absolute atomic E-state index is 0.0611. The summed E-state index contributed by atoms with van der Waals surface area (Å²) in [6.45, 7) is 1.57. The van der Waals surface area contributed by atoms with E-state index in [0.717, 1.165) is 32.4 Å². The Morgan fingerprint density at radius 2 is 1.91 bits per heavy atom. The molecule has 0 bridgehead atoms. The third-order valence-electron chi connectivity index (χ3n) is 6.91. The summed E-state index contributed by atoms with van der Waals surface area (Å²) in [5, 5.41) is 9.95. The fraction of sp³-hybridized carbons (Fsp3) is 0.360. The number of aromatic nitrogens is 4. The van der Waals surface area contributed by atoms with E-state index in [1.54, 1.807) is 6.20 Å². The van der Waals surface area contributed by atoms with Gasteiger partial charge in [0.05, 0.1) is 25.2 Å². The summed E-state index contributed by atoms with van der Waals surface area (Å²) in [4.78, 5) is 19.2. The van der Waals surface area contributed by atoms with Crippen LogP contribution in [0.1, 0.15) is 41.4 Å². The summed E-state index contributed by atoms with van der Waals surface area (Å²) in [7, 11) is 0. The van der Waals surface area contributed by atoms with Gasteiger partial charge in [-0.1, -0.05) is 30.2 Å². The van der Waals surface area contributed by atoms with Crippen LogP contribution in [0.15, 0.2) is 42.9 Å². The first-order valence-electron chi connectivity index (χ1n) is 11.6. The highest BCUT2D eigenvalue weighted by Gasteiger charge is 2.46. The van der Waals surface area contributed by atoms with Crippen LogP contribution in [0.4, 0.5) is 11.8 Å². The maximum atomic E-state index is 9.95. The Morgan fingerprint density at radius 1 is 1.14 bits per heavy atom. The van der Waals surface area contributed by atoms with E-state index in [-0.39, 0.29) is 24.7 Å². The van der Waals surface area contributed by atoms with Crippen LogP contribution in [0.5, 0.6) is 5.75 Å². The molecule has 180 valence electrons. The van der Waals surface area contributed by atoms with Crippen molar-refractivity contribution in [2.75, 3.05) is 30.0 Å². The van der Waals surface area contributed by atoms with Gasteiger partial charge in [-0.15, -0.1) is 0 Å². The number of hydrazine groups is 1. The van der Waals surface area contributed by atoms with Gasteiger partial charge in [-0.05, 0) is 41.7 Å². The highest BCUT2D eigenvalue weighted by Crippen LogP contribution is 2.50. The molecular weight excluding hydrogens is 444 g/mol. The molecule has 2 aromatic heterocycles. The summed E-state index contributed by atoms with van der Waals surface area (Å²) in [6, 6.07) is 8.57. The normalized spacial score (nSPS) is 18.0. The molecule has 1 spiro atoms. The smallest absolute Gasteiger partial charge is 0.237 e. The van der Waals surface area contributed by atoms with Gasteiger partial charge in [0.2, 0.25) is 5.95 Å². The summed E-state index contributed by atoms with van der Waals surface area (Å²) in [6.07, 6.45) is 7.60. The lowest BCUT2D eigenvalue weighted by Gasteiger charge is -2.42. The second-order valence-corrected chi connectivity index (χ2v) is 8.86. The predicted octanol–water partition coefficient (Wildman–Crippen LogP) is 1.32. The second kappa shape index (κ2) is 9.84. The Balaban J connectivity index is 1.21. The number of benzene rings is 1. The third kappa shape index (κ3) is 4.61. The van der Waals surface area contributed by atoms with Crippen molar-refractivity contribution < 1.29 is 9.84 Å². The van der Waals surface area contributed by atoms with E-state index in [0.29, 0.717) is 28.9 Å². The van der Waals surface area contributed by atoms with Gasteiger partial charge in [-0.2, -0.15) is 0 Å². The first-order chi connectivity index (χ1) is 17.1. The number of nitrogens with one attached hydrogen (secondary N) is 1. The van der Waals surface area contributed by atoms with Crippen molar-refractivity contribution in [2.45, 2.75) is 31.9 Å². The number of ether oxygens (including phenoxy) is 1. The van der Waals surface area contributed by atoms with Gasteiger partial charge in [-0.25, -0.2) is 25.8 Å². The molecule has 0 amide bonds. The summed E-state index contributed by atoms with van der Waals surface area (Å²) >= 11 is 0. The monoisotopic (exact) mass is 472 g/mol. The Bertz CT molecular complexity index is 1250. The topological polar surface area (TPSA) is 148 Å². The van der Waals surface area contributed by atoms with Gasteiger partial charge in [0.25, 0.3) is 0 Å². The maximum absolute atomic E-state index is 9.95. The van der Waals surface area contributed by atoms with Gasteiger partial charge >= 0.3 is 0 Å². The van der Waals surface area contributed by atoms with Crippen LogP contribution >= 0.6 is 0 Å². The van der Waals surface area contributed by atoms with Gasteiger partial charge in [-0.3, -0.25) is 5.43 Å². The second-order valence-electron chi connectivity index (χ2n) is 8.86. The molecule has 1 saturated heterocycles. The molecule has 3 heterocycles. The Morgan fingerprint density at radius 3 is 2.63 bits per heavy atom. The van der Waals surface area contributed by atoms with Crippen LogP contribution in [0.3, 0.4) is 0 Å². The SMILES string of the molecule is NNc1ncc(OCC#Cc2cnc(N3CCC4(CC3)Cc3ccccc3[C@H]4N)c(CO)n2)cn1. The van der Waals surface area contributed by atoms with Gasteiger partial charge in [0.15, 0.2) is 11.6 Å². The predicted molar refractivity (Wildman–Crippen MR) is 131 cm³/mol. The number of fused-ring (bicyclic) bond motifs is 1. The van der Waals surface area contributed by atoms with Crippen molar-refractivity contribution in [2.24, 2.45) is 17.0 Å². The van der Waals surface area contributed by atoms with Crippen molar-refractivity contribution in [3.8, 4) is 17.6 Å². The molecule has 1 atom stereocenters. The van der Waals surface area contributed by atoms with Gasteiger partial charge in [0.1, 0.15) is 18.0 Å². The average Bonchev–Trinajstić information content (AvgIpc) is 3.18. The third-order valence-corrected chi connectivity index (χ3v) is 6.91. The molecule has 6 N–H and O–H groups in total. The highest BCUT2D eigenvalue weighted by molar-refractivity contribution is 5.47. The Hall–Kier alpha value is -3.78. The fourth-order valence-corrected chi connectivity index (χ4v) is 5.03. The largest absolute Gasteiger partial charge is 0.478 e. The number of nitrogens with zero attached hydrogens (tertiary/aromatic N) is 5. The van der Waals surface area contributed by atoms with Gasteiger partial charge < -0.3 is 20.5 Å². The highest BCUT2D eigenvalue weighted by atomic mass is 16.5. The lowest BCUT2D eigenvalue weighted by Crippen LogP contribution is -2.45. The van der Waals surface area contributed by atoms with Crippen molar-refractivity contribution in [3.05, 3.63) is 65.4 Å².